The molecule has 0 aromatic heterocycles. The Labute approximate surface area is 112 Å². The van der Waals surface area contributed by atoms with Crippen LogP contribution in [-0.2, 0) is 23.7 Å². The van der Waals surface area contributed by atoms with Gasteiger partial charge in [0.25, 0.3) is 5.79 Å². The lowest BCUT2D eigenvalue weighted by Gasteiger charge is -2.47. The van der Waals surface area contributed by atoms with Crippen molar-refractivity contribution in [1.29, 1.82) is 0 Å². The van der Waals surface area contributed by atoms with Crippen molar-refractivity contribution in [1.82, 2.24) is 0 Å². The number of carbonyl (C=O) groups is 1. The number of rotatable bonds is 3. The van der Waals surface area contributed by atoms with Crippen LogP contribution in [0.4, 0.5) is 0 Å². The molecule has 1 heterocycles. The average Bonchev–Trinajstić information content (AvgIpc) is 2.44. The summed E-state index contributed by atoms with van der Waals surface area (Å²) >= 11 is 0. The zero-order valence-corrected chi connectivity index (χ0v) is 11.5. The Hall–Kier alpha value is -1.43. The summed E-state index contributed by atoms with van der Waals surface area (Å²) in [5, 5.41) is 0. The first-order chi connectivity index (χ1) is 8.96. The van der Waals surface area contributed by atoms with Crippen LogP contribution in [-0.4, -0.2) is 31.8 Å². The fourth-order valence-electron chi connectivity index (χ4n) is 2.01. The Kier molecular flexibility index (Phi) is 3.62. The third-order valence-corrected chi connectivity index (χ3v) is 3.56. The van der Waals surface area contributed by atoms with Crippen LogP contribution in [0, 0.1) is 0 Å². The molecule has 0 aliphatic carbocycles. The molecule has 0 bridgehead atoms. The molecule has 3 atom stereocenters. The largest absolute Gasteiger partial charge is 0.425 e. The number of methoxy groups -OCH3 is 2. The van der Waals surface area contributed by atoms with E-state index in [1.54, 1.807) is 26.0 Å². The van der Waals surface area contributed by atoms with Crippen molar-refractivity contribution in [3.05, 3.63) is 35.9 Å². The quantitative estimate of drug-likeness (QED) is 0.783. The average molecular weight is 266 g/mol. The van der Waals surface area contributed by atoms with Crippen LogP contribution >= 0.6 is 0 Å². The first-order valence-electron chi connectivity index (χ1n) is 6.01. The highest BCUT2D eigenvalue weighted by Gasteiger charge is 2.57. The zero-order chi connectivity index (χ0) is 14.1. The minimum Gasteiger partial charge on any atom is -0.425 e. The molecule has 0 spiro atoms. The summed E-state index contributed by atoms with van der Waals surface area (Å²) in [4.78, 5) is 12.1. The molecule has 3 unspecified atom stereocenters. The van der Waals surface area contributed by atoms with Crippen LogP contribution in [0.5, 0.6) is 0 Å². The van der Waals surface area contributed by atoms with E-state index in [-0.39, 0.29) is 0 Å². The minimum atomic E-state index is -1.29. The molecule has 0 saturated carbocycles. The monoisotopic (exact) mass is 266 g/mol. The molecule has 5 heteroatoms. The Bertz CT molecular complexity index is 460. The van der Waals surface area contributed by atoms with E-state index >= 15 is 0 Å². The lowest BCUT2D eigenvalue weighted by Crippen LogP contribution is -2.62. The van der Waals surface area contributed by atoms with Gasteiger partial charge in [0, 0.05) is 21.1 Å². The lowest BCUT2D eigenvalue weighted by molar-refractivity contribution is -0.407. The Balaban J connectivity index is 2.34. The molecule has 19 heavy (non-hydrogen) atoms. The standard InChI is InChI=1S/C14H18O5/c1-13(16-3)14(2,17-4)19-12(15)11(18-13)10-8-6-5-7-9-10/h5-9,11H,1-4H3. The van der Waals surface area contributed by atoms with Gasteiger partial charge in [-0.25, -0.2) is 4.79 Å². The number of ether oxygens (including phenoxy) is 4. The maximum atomic E-state index is 12.1. The summed E-state index contributed by atoms with van der Waals surface area (Å²) in [5.41, 5.74) is 0.717. The predicted octanol–water partition coefficient (Wildman–Crippen LogP) is 2.03. The maximum Gasteiger partial charge on any atom is 0.342 e. The molecule has 1 aliphatic rings. The van der Waals surface area contributed by atoms with Crippen molar-refractivity contribution in [3.63, 3.8) is 0 Å². The normalized spacial score (nSPS) is 34.9. The number of hydrogen-bond acceptors (Lipinski definition) is 5. The highest BCUT2D eigenvalue weighted by atomic mass is 16.8. The molecular weight excluding hydrogens is 248 g/mol. The maximum absolute atomic E-state index is 12.1. The van der Waals surface area contributed by atoms with E-state index in [1.165, 1.54) is 14.2 Å². The van der Waals surface area contributed by atoms with E-state index in [1.807, 2.05) is 18.2 Å². The second kappa shape index (κ2) is 4.92. The Morgan fingerprint density at radius 2 is 1.63 bits per heavy atom. The third kappa shape index (κ3) is 2.25. The summed E-state index contributed by atoms with van der Waals surface area (Å²) < 4.78 is 21.8. The highest BCUT2D eigenvalue weighted by molar-refractivity contribution is 5.77. The minimum absolute atomic E-state index is 0.495. The second-order valence-electron chi connectivity index (χ2n) is 4.63. The van der Waals surface area contributed by atoms with E-state index < -0.39 is 23.6 Å². The molecule has 1 aromatic carbocycles. The number of hydrogen-bond donors (Lipinski definition) is 0. The fraction of sp³-hybridized carbons (Fsp3) is 0.500. The highest BCUT2D eigenvalue weighted by Crippen LogP contribution is 2.41. The van der Waals surface area contributed by atoms with Gasteiger partial charge >= 0.3 is 5.97 Å². The molecule has 2 rings (SSSR count). The molecule has 1 saturated heterocycles. The van der Waals surface area contributed by atoms with Crippen molar-refractivity contribution in [2.75, 3.05) is 14.2 Å². The van der Waals surface area contributed by atoms with E-state index in [4.69, 9.17) is 18.9 Å². The van der Waals surface area contributed by atoms with E-state index in [2.05, 4.69) is 0 Å². The van der Waals surface area contributed by atoms with Gasteiger partial charge in [0.1, 0.15) is 0 Å². The van der Waals surface area contributed by atoms with Crippen molar-refractivity contribution >= 4 is 5.97 Å². The Morgan fingerprint density at radius 3 is 2.16 bits per heavy atom. The van der Waals surface area contributed by atoms with Gasteiger partial charge in [0.05, 0.1) is 0 Å². The van der Waals surface area contributed by atoms with Crippen LogP contribution in [0.1, 0.15) is 25.5 Å². The number of carbonyl (C=O) groups excluding carboxylic acids is 1. The number of benzene rings is 1. The molecular formula is C14H18O5. The summed E-state index contributed by atoms with van der Waals surface area (Å²) in [6.07, 6.45) is -0.825. The summed E-state index contributed by atoms with van der Waals surface area (Å²) in [5.74, 6) is -2.97. The molecule has 0 N–H and O–H groups in total. The van der Waals surface area contributed by atoms with E-state index in [0.717, 1.165) is 0 Å². The van der Waals surface area contributed by atoms with Crippen LogP contribution in [0.15, 0.2) is 30.3 Å². The van der Waals surface area contributed by atoms with Gasteiger partial charge in [-0.1, -0.05) is 30.3 Å². The SMILES string of the molecule is COC1(C)OC(=O)C(c2ccccc2)OC1(C)OC. The van der Waals surface area contributed by atoms with Gasteiger partial charge in [0.15, 0.2) is 6.10 Å². The van der Waals surface area contributed by atoms with Crippen LogP contribution in [0.25, 0.3) is 0 Å². The van der Waals surface area contributed by atoms with Crippen molar-refractivity contribution in [3.8, 4) is 0 Å². The molecule has 0 radical (unpaired) electrons. The Morgan fingerprint density at radius 1 is 1.05 bits per heavy atom. The predicted molar refractivity (Wildman–Crippen MR) is 67.2 cm³/mol. The molecule has 1 aliphatic heterocycles. The van der Waals surface area contributed by atoms with Crippen molar-refractivity contribution < 1.29 is 23.7 Å². The molecule has 5 nitrogen and oxygen atoms in total. The molecule has 104 valence electrons. The topological polar surface area (TPSA) is 54.0 Å². The summed E-state index contributed by atoms with van der Waals surface area (Å²) in [7, 11) is 2.93. The smallest absolute Gasteiger partial charge is 0.342 e. The van der Waals surface area contributed by atoms with Crippen molar-refractivity contribution in [2.24, 2.45) is 0 Å². The van der Waals surface area contributed by atoms with Gasteiger partial charge in [0.2, 0.25) is 5.79 Å². The van der Waals surface area contributed by atoms with Gasteiger partial charge in [-0.2, -0.15) is 0 Å². The molecule has 0 amide bonds. The van der Waals surface area contributed by atoms with Crippen LogP contribution in [0.2, 0.25) is 0 Å². The summed E-state index contributed by atoms with van der Waals surface area (Å²) in [6.45, 7) is 3.29. The second-order valence-corrected chi connectivity index (χ2v) is 4.63. The third-order valence-electron chi connectivity index (χ3n) is 3.56. The van der Waals surface area contributed by atoms with Gasteiger partial charge in [-0.05, 0) is 12.5 Å². The summed E-state index contributed by atoms with van der Waals surface area (Å²) in [6, 6.07) is 9.14. The molecule has 1 aromatic rings. The van der Waals surface area contributed by atoms with E-state index in [0.29, 0.717) is 5.56 Å². The van der Waals surface area contributed by atoms with Crippen LogP contribution < -0.4 is 0 Å². The first-order valence-corrected chi connectivity index (χ1v) is 6.01. The number of cyclic esters (lactones) is 1. The number of esters is 1. The van der Waals surface area contributed by atoms with Crippen molar-refractivity contribution in [2.45, 2.75) is 31.5 Å². The van der Waals surface area contributed by atoms with Crippen LogP contribution in [0.3, 0.4) is 0 Å². The van der Waals surface area contributed by atoms with Gasteiger partial charge in [-0.3, -0.25) is 0 Å². The van der Waals surface area contributed by atoms with Gasteiger partial charge < -0.3 is 18.9 Å². The molecule has 1 fully saturated rings. The lowest BCUT2D eigenvalue weighted by atomic mass is 10.0. The first kappa shape index (κ1) is 14.0. The fourth-order valence-corrected chi connectivity index (χ4v) is 2.01. The zero-order valence-electron chi connectivity index (χ0n) is 11.5. The van der Waals surface area contributed by atoms with E-state index in [9.17, 15) is 4.79 Å². The van der Waals surface area contributed by atoms with Gasteiger partial charge in [-0.15, -0.1) is 0 Å².